The van der Waals surface area contributed by atoms with Crippen LogP contribution in [-0.2, 0) is 9.63 Å². The number of para-hydroxylation sites is 1. The molecule has 2 aliphatic heterocycles. The Kier molecular flexibility index (Phi) is 3.10. The van der Waals surface area contributed by atoms with E-state index in [0.717, 1.165) is 5.56 Å². The van der Waals surface area contributed by atoms with Crippen LogP contribution in [0, 0.1) is 5.92 Å². The maximum absolute atomic E-state index is 12.4. The average molecular weight is 334 g/mol. The summed E-state index contributed by atoms with van der Waals surface area (Å²) in [5.74, 6) is -0.598. The summed E-state index contributed by atoms with van der Waals surface area (Å²) in [6, 6.07) is 12.4. The number of esters is 1. The summed E-state index contributed by atoms with van der Waals surface area (Å²) in [6.45, 7) is 0. The highest BCUT2D eigenvalue weighted by Gasteiger charge is 2.48. The second-order valence-corrected chi connectivity index (χ2v) is 5.85. The summed E-state index contributed by atoms with van der Waals surface area (Å²) in [5.41, 5.74) is 1.70. The molecule has 2 aromatic rings. The molecule has 0 bridgehead atoms. The van der Waals surface area contributed by atoms with Gasteiger partial charge in [0.1, 0.15) is 17.4 Å². The van der Waals surface area contributed by atoms with Crippen LogP contribution in [0.25, 0.3) is 0 Å². The molecule has 22 heavy (non-hydrogen) atoms. The van der Waals surface area contributed by atoms with Crippen LogP contribution >= 0.6 is 23.2 Å². The third kappa shape index (κ3) is 1.91. The number of carbonyl (C=O) groups is 1. The number of hydrogen-bond acceptors (Lipinski definition) is 4. The first-order valence-electron chi connectivity index (χ1n) is 6.65. The van der Waals surface area contributed by atoms with Gasteiger partial charge in [-0.1, -0.05) is 52.6 Å². The molecule has 4 rings (SSSR count). The molecule has 0 saturated heterocycles. The molecule has 110 valence electrons. The fourth-order valence-electron chi connectivity index (χ4n) is 2.77. The predicted octanol–water partition coefficient (Wildman–Crippen LogP) is 4.00. The third-order valence-corrected chi connectivity index (χ3v) is 4.40. The van der Waals surface area contributed by atoms with E-state index >= 15 is 0 Å². The van der Waals surface area contributed by atoms with Gasteiger partial charge in [0, 0.05) is 11.1 Å². The molecule has 0 saturated carbocycles. The minimum absolute atomic E-state index is 0.403. The Bertz CT molecular complexity index is 799. The van der Waals surface area contributed by atoms with E-state index in [0.29, 0.717) is 27.1 Å². The van der Waals surface area contributed by atoms with Crippen molar-refractivity contribution in [3.8, 4) is 5.75 Å². The van der Waals surface area contributed by atoms with Crippen molar-refractivity contribution in [2.75, 3.05) is 0 Å². The van der Waals surface area contributed by atoms with E-state index in [9.17, 15) is 4.79 Å². The number of hydrogen-bond donors (Lipinski definition) is 0. The Balaban J connectivity index is 1.82. The number of fused-ring (bicyclic) bond motifs is 3. The molecular formula is C16H9Cl2NO3. The van der Waals surface area contributed by atoms with Crippen LogP contribution in [0.1, 0.15) is 17.2 Å². The Labute approximate surface area is 136 Å². The van der Waals surface area contributed by atoms with Crippen molar-refractivity contribution in [3.05, 3.63) is 63.6 Å². The van der Waals surface area contributed by atoms with Gasteiger partial charge in [-0.05, 0) is 18.2 Å². The van der Waals surface area contributed by atoms with Crippen molar-refractivity contribution in [1.82, 2.24) is 0 Å². The monoisotopic (exact) mass is 333 g/mol. The van der Waals surface area contributed by atoms with E-state index in [1.165, 1.54) is 0 Å². The van der Waals surface area contributed by atoms with Crippen LogP contribution < -0.4 is 4.74 Å². The molecule has 0 fully saturated rings. The molecular weight excluding hydrogens is 325 g/mol. The quantitative estimate of drug-likeness (QED) is 0.585. The van der Waals surface area contributed by atoms with Crippen LogP contribution in [0.2, 0.25) is 10.0 Å². The fraction of sp³-hybridized carbons (Fsp3) is 0.125. The maximum Gasteiger partial charge on any atom is 0.324 e. The SMILES string of the molecule is O=C1Oc2ccccc2[C@@H]2ON=C(c3c(Cl)cccc3Cl)[C@H]12. The zero-order valence-electron chi connectivity index (χ0n) is 11.1. The largest absolute Gasteiger partial charge is 0.425 e. The summed E-state index contributed by atoms with van der Waals surface area (Å²) in [7, 11) is 0. The lowest BCUT2D eigenvalue weighted by atomic mass is 9.86. The van der Waals surface area contributed by atoms with E-state index in [-0.39, 0.29) is 0 Å². The number of oxime groups is 1. The van der Waals surface area contributed by atoms with Crippen LogP contribution in [0.4, 0.5) is 0 Å². The third-order valence-electron chi connectivity index (χ3n) is 3.77. The van der Waals surface area contributed by atoms with E-state index in [2.05, 4.69) is 5.16 Å². The van der Waals surface area contributed by atoms with Gasteiger partial charge in [-0.25, -0.2) is 0 Å². The molecule has 0 aromatic heterocycles. The molecule has 0 spiro atoms. The lowest BCUT2D eigenvalue weighted by Crippen LogP contribution is -2.35. The van der Waals surface area contributed by atoms with Gasteiger partial charge in [-0.15, -0.1) is 0 Å². The predicted molar refractivity (Wildman–Crippen MR) is 82.4 cm³/mol. The van der Waals surface area contributed by atoms with Crippen molar-refractivity contribution >= 4 is 34.9 Å². The average Bonchev–Trinajstić information content (AvgIpc) is 2.93. The molecule has 2 heterocycles. The highest BCUT2D eigenvalue weighted by atomic mass is 35.5. The summed E-state index contributed by atoms with van der Waals surface area (Å²) in [5, 5.41) is 4.91. The summed E-state index contributed by atoms with van der Waals surface area (Å²) < 4.78 is 5.39. The molecule has 2 atom stereocenters. The summed E-state index contributed by atoms with van der Waals surface area (Å²) in [4.78, 5) is 17.9. The number of nitrogens with zero attached hydrogens (tertiary/aromatic N) is 1. The van der Waals surface area contributed by atoms with Gasteiger partial charge in [0.15, 0.2) is 6.10 Å². The van der Waals surface area contributed by atoms with E-state index in [4.69, 9.17) is 32.8 Å². The number of ether oxygens (including phenoxy) is 1. The fourth-order valence-corrected chi connectivity index (χ4v) is 3.36. The molecule has 0 radical (unpaired) electrons. The molecule has 0 aliphatic carbocycles. The smallest absolute Gasteiger partial charge is 0.324 e. The minimum atomic E-state index is -0.674. The standard InChI is InChI=1S/C16H9Cl2NO3/c17-9-5-3-6-10(18)12(9)14-13-15(22-19-14)8-4-1-2-7-11(8)21-16(13)20/h1-7,13,15H/t13-,15-/m0/s1. The van der Waals surface area contributed by atoms with Gasteiger partial charge in [-0.2, -0.15) is 0 Å². The lowest BCUT2D eigenvalue weighted by Gasteiger charge is -2.25. The van der Waals surface area contributed by atoms with Crippen LogP contribution in [0.15, 0.2) is 47.6 Å². The Morgan fingerprint density at radius 3 is 2.50 bits per heavy atom. The van der Waals surface area contributed by atoms with E-state index in [1.807, 2.05) is 12.1 Å². The molecule has 2 aliphatic rings. The minimum Gasteiger partial charge on any atom is -0.425 e. The first-order valence-corrected chi connectivity index (χ1v) is 7.41. The van der Waals surface area contributed by atoms with Gasteiger partial charge in [0.05, 0.1) is 10.0 Å². The number of halogens is 2. The molecule has 2 aromatic carbocycles. The number of benzene rings is 2. The van der Waals surface area contributed by atoms with Crippen LogP contribution in [0.3, 0.4) is 0 Å². The number of rotatable bonds is 1. The Hall–Kier alpha value is -2.04. The molecule has 6 heteroatoms. The highest BCUT2D eigenvalue weighted by molar-refractivity contribution is 6.41. The lowest BCUT2D eigenvalue weighted by molar-refractivity contribution is -0.142. The van der Waals surface area contributed by atoms with Crippen molar-refractivity contribution in [2.24, 2.45) is 11.1 Å². The van der Waals surface area contributed by atoms with Crippen molar-refractivity contribution < 1.29 is 14.4 Å². The van der Waals surface area contributed by atoms with Crippen molar-refractivity contribution in [1.29, 1.82) is 0 Å². The van der Waals surface area contributed by atoms with Gasteiger partial charge < -0.3 is 9.57 Å². The van der Waals surface area contributed by atoms with Gasteiger partial charge in [-0.3, -0.25) is 4.79 Å². The Morgan fingerprint density at radius 2 is 1.73 bits per heavy atom. The summed E-state index contributed by atoms with van der Waals surface area (Å²) >= 11 is 12.4. The first kappa shape index (κ1) is 13.6. The molecule has 4 nitrogen and oxygen atoms in total. The van der Waals surface area contributed by atoms with E-state index in [1.54, 1.807) is 30.3 Å². The molecule has 0 unspecified atom stereocenters. The Morgan fingerprint density at radius 1 is 1.00 bits per heavy atom. The summed E-state index contributed by atoms with van der Waals surface area (Å²) in [6.07, 6.45) is -0.514. The highest BCUT2D eigenvalue weighted by Crippen LogP contribution is 2.45. The molecule has 0 N–H and O–H groups in total. The van der Waals surface area contributed by atoms with Crippen molar-refractivity contribution in [3.63, 3.8) is 0 Å². The van der Waals surface area contributed by atoms with E-state index < -0.39 is 18.0 Å². The normalized spacial score (nSPS) is 22.3. The zero-order valence-corrected chi connectivity index (χ0v) is 12.6. The topological polar surface area (TPSA) is 47.9 Å². The first-order chi connectivity index (χ1) is 10.7. The van der Waals surface area contributed by atoms with Gasteiger partial charge in [0.2, 0.25) is 0 Å². The molecule has 0 amide bonds. The van der Waals surface area contributed by atoms with Crippen LogP contribution in [0.5, 0.6) is 5.75 Å². The maximum atomic E-state index is 12.4. The van der Waals surface area contributed by atoms with Gasteiger partial charge >= 0.3 is 5.97 Å². The van der Waals surface area contributed by atoms with Crippen LogP contribution in [-0.4, -0.2) is 11.7 Å². The second kappa shape index (κ2) is 5.00. The second-order valence-electron chi connectivity index (χ2n) is 5.04. The van der Waals surface area contributed by atoms with Gasteiger partial charge in [0.25, 0.3) is 0 Å². The van der Waals surface area contributed by atoms with Crippen molar-refractivity contribution in [2.45, 2.75) is 6.10 Å². The zero-order chi connectivity index (χ0) is 15.3. The number of carbonyl (C=O) groups excluding carboxylic acids is 1.